The molecule has 3 aromatic rings. The maximum Gasteiger partial charge on any atom is 0.363 e. The van der Waals surface area contributed by atoms with Gasteiger partial charge in [-0.25, -0.2) is 9.79 Å². The van der Waals surface area contributed by atoms with Crippen molar-refractivity contribution in [2.45, 2.75) is 12.8 Å². The van der Waals surface area contributed by atoms with Gasteiger partial charge in [0.05, 0.1) is 10.0 Å². The molecule has 1 heterocycles. The number of aryl methyl sites for hydroxylation is 2. The summed E-state index contributed by atoms with van der Waals surface area (Å²) >= 11 is 12.0. The molecular weight excluding hydrogens is 381 g/mol. The number of benzene rings is 3. The van der Waals surface area contributed by atoms with Crippen LogP contribution in [0.1, 0.15) is 22.3 Å². The van der Waals surface area contributed by atoms with Crippen LogP contribution in [0.5, 0.6) is 0 Å². The molecule has 5 rings (SSSR count). The second-order valence-electron chi connectivity index (χ2n) is 6.61. The Morgan fingerprint density at radius 1 is 1.00 bits per heavy atom. The largest absolute Gasteiger partial charge is 0.402 e. The lowest BCUT2D eigenvalue weighted by molar-refractivity contribution is -0.129. The molecule has 1 aliphatic carbocycles. The van der Waals surface area contributed by atoms with Crippen LogP contribution in [0.15, 0.2) is 59.2 Å². The first-order valence-electron chi connectivity index (χ1n) is 8.61. The number of aliphatic imine (C=N–C) groups is 1. The van der Waals surface area contributed by atoms with Gasteiger partial charge in [0.1, 0.15) is 0 Å². The molecule has 0 fully saturated rings. The zero-order valence-corrected chi connectivity index (χ0v) is 15.6. The molecule has 132 valence electrons. The highest BCUT2D eigenvalue weighted by molar-refractivity contribution is 6.42. The molecule has 3 aromatic carbocycles. The molecule has 0 spiro atoms. The van der Waals surface area contributed by atoms with Crippen molar-refractivity contribution in [3.63, 3.8) is 0 Å². The van der Waals surface area contributed by atoms with Crippen LogP contribution < -0.4 is 0 Å². The summed E-state index contributed by atoms with van der Waals surface area (Å²) in [6, 6.07) is 15.5. The van der Waals surface area contributed by atoms with Gasteiger partial charge in [-0.05, 0) is 64.6 Å². The van der Waals surface area contributed by atoms with Crippen molar-refractivity contribution in [2.24, 2.45) is 4.99 Å². The van der Waals surface area contributed by atoms with Crippen LogP contribution in [-0.2, 0) is 22.4 Å². The number of carbonyl (C=O) groups excluding carboxylic acids is 1. The fraction of sp³-hybridized carbons (Fsp3) is 0.0909. The Morgan fingerprint density at radius 2 is 1.89 bits per heavy atom. The third-order valence-electron chi connectivity index (χ3n) is 5.00. The van der Waals surface area contributed by atoms with Gasteiger partial charge in [0, 0.05) is 5.56 Å². The minimum atomic E-state index is -0.463. The van der Waals surface area contributed by atoms with Crippen molar-refractivity contribution in [1.29, 1.82) is 0 Å². The van der Waals surface area contributed by atoms with E-state index in [4.69, 9.17) is 27.9 Å². The molecule has 0 N–H and O–H groups in total. The van der Waals surface area contributed by atoms with Gasteiger partial charge in [-0.3, -0.25) is 0 Å². The van der Waals surface area contributed by atoms with E-state index in [0.717, 1.165) is 18.4 Å². The number of cyclic esters (lactones) is 1. The van der Waals surface area contributed by atoms with Crippen molar-refractivity contribution >= 4 is 51.9 Å². The number of rotatable bonds is 2. The molecular formula is C22H13Cl2NO2. The Morgan fingerprint density at radius 3 is 2.74 bits per heavy atom. The monoisotopic (exact) mass is 393 g/mol. The molecule has 2 aliphatic rings. The van der Waals surface area contributed by atoms with Crippen LogP contribution in [0.25, 0.3) is 16.8 Å². The fourth-order valence-corrected chi connectivity index (χ4v) is 4.03. The first-order valence-corrected chi connectivity index (χ1v) is 9.37. The topological polar surface area (TPSA) is 38.7 Å². The van der Waals surface area contributed by atoms with Crippen LogP contribution in [0.2, 0.25) is 10.0 Å². The van der Waals surface area contributed by atoms with E-state index in [-0.39, 0.29) is 11.6 Å². The van der Waals surface area contributed by atoms with E-state index in [1.165, 1.54) is 21.9 Å². The second-order valence-corrected chi connectivity index (χ2v) is 7.43. The number of esters is 1. The molecule has 0 radical (unpaired) electrons. The van der Waals surface area contributed by atoms with E-state index < -0.39 is 5.97 Å². The quantitative estimate of drug-likeness (QED) is 0.420. The van der Waals surface area contributed by atoms with E-state index >= 15 is 0 Å². The molecule has 0 saturated heterocycles. The lowest BCUT2D eigenvalue weighted by Crippen LogP contribution is -2.05. The first kappa shape index (κ1) is 16.5. The van der Waals surface area contributed by atoms with Crippen molar-refractivity contribution in [3.8, 4) is 0 Å². The van der Waals surface area contributed by atoms with E-state index in [1.54, 1.807) is 18.2 Å². The Hall–Kier alpha value is -2.62. The molecule has 27 heavy (non-hydrogen) atoms. The maximum atomic E-state index is 12.3. The summed E-state index contributed by atoms with van der Waals surface area (Å²) in [6.07, 6.45) is 3.80. The predicted octanol–water partition coefficient (Wildman–Crippen LogP) is 5.59. The van der Waals surface area contributed by atoms with Crippen molar-refractivity contribution in [3.05, 3.63) is 86.5 Å². The van der Waals surface area contributed by atoms with Crippen molar-refractivity contribution in [2.75, 3.05) is 0 Å². The molecule has 0 aromatic heterocycles. The standard InChI is InChI=1S/C22H13Cl2NO2/c23-17-9-7-15(10-18(17)24)21-25-19(22(26)27-21)11-14-5-4-12-2-1-3-13-6-8-16(14)20(12)13/h1-5,7,9-11H,6,8H2/b19-11-. The minimum absolute atomic E-state index is 0.239. The van der Waals surface area contributed by atoms with E-state index in [1.807, 2.05) is 12.1 Å². The minimum Gasteiger partial charge on any atom is -0.402 e. The lowest BCUT2D eigenvalue weighted by Gasteiger charge is -2.05. The molecule has 1 aliphatic heterocycles. The summed E-state index contributed by atoms with van der Waals surface area (Å²) in [5.41, 5.74) is 4.54. The highest BCUT2D eigenvalue weighted by Crippen LogP contribution is 2.34. The number of hydrogen-bond acceptors (Lipinski definition) is 3. The van der Waals surface area contributed by atoms with E-state index in [2.05, 4.69) is 29.3 Å². The van der Waals surface area contributed by atoms with Gasteiger partial charge in [-0.2, -0.15) is 0 Å². The van der Waals surface area contributed by atoms with Crippen LogP contribution in [0.3, 0.4) is 0 Å². The normalized spacial score (nSPS) is 16.9. The average Bonchev–Trinajstić information content (AvgIpc) is 3.25. The molecule has 3 nitrogen and oxygen atoms in total. The zero-order valence-electron chi connectivity index (χ0n) is 14.1. The molecule has 0 bridgehead atoms. The highest BCUT2D eigenvalue weighted by Gasteiger charge is 2.25. The van der Waals surface area contributed by atoms with Gasteiger partial charge >= 0.3 is 5.97 Å². The Labute approximate surface area is 165 Å². The third kappa shape index (κ3) is 2.75. The van der Waals surface area contributed by atoms with Crippen molar-refractivity contribution in [1.82, 2.24) is 0 Å². The van der Waals surface area contributed by atoms with Gasteiger partial charge in [-0.15, -0.1) is 0 Å². The average molecular weight is 394 g/mol. The number of nitrogens with zero attached hydrogens (tertiary/aromatic N) is 1. The molecule has 0 saturated carbocycles. The number of carbonyl (C=O) groups is 1. The zero-order chi connectivity index (χ0) is 18.5. The van der Waals surface area contributed by atoms with Crippen LogP contribution in [0, 0.1) is 0 Å². The van der Waals surface area contributed by atoms with Gasteiger partial charge < -0.3 is 4.74 Å². The summed E-state index contributed by atoms with van der Waals surface area (Å²) in [5, 5.41) is 3.36. The van der Waals surface area contributed by atoms with Crippen molar-refractivity contribution < 1.29 is 9.53 Å². The van der Waals surface area contributed by atoms with Crippen LogP contribution in [0.4, 0.5) is 0 Å². The summed E-state index contributed by atoms with van der Waals surface area (Å²) in [6.45, 7) is 0. The Balaban J connectivity index is 1.58. The van der Waals surface area contributed by atoms with Gasteiger partial charge in [0.2, 0.25) is 5.90 Å². The fourth-order valence-electron chi connectivity index (χ4n) is 3.73. The molecule has 0 amide bonds. The SMILES string of the molecule is O=C1OC(c2ccc(Cl)c(Cl)c2)=N/C1=C\c1ccc2cccc3c2c1CC3. The summed E-state index contributed by atoms with van der Waals surface area (Å²) in [5.74, 6) is -0.225. The second kappa shape index (κ2) is 6.22. The Bertz CT molecular complexity index is 1190. The smallest absolute Gasteiger partial charge is 0.363 e. The number of ether oxygens (including phenoxy) is 1. The number of hydrogen-bond donors (Lipinski definition) is 0. The summed E-state index contributed by atoms with van der Waals surface area (Å²) in [4.78, 5) is 16.7. The summed E-state index contributed by atoms with van der Waals surface area (Å²) in [7, 11) is 0. The first-order chi connectivity index (χ1) is 13.1. The van der Waals surface area contributed by atoms with Crippen LogP contribution >= 0.6 is 23.2 Å². The van der Waals surface area contributed by atoms with Gasteiger partial charge in [-0.1, -0.05) is 53.5 Å². The third-order valence-corrected chi connectivity index (χ3v) is 5.74. The predicted molar refractivity (Wildman–Crippen MR) is 108 cm³/mol. The summed E-state index contributed by atoms with van der Waals surface area (Å²) < 4.78 is 5.34. The van der Waals surface area contributed by atoms with Crippen LogP contribution in [-0.4, -0.2) is 11.9 Å². The van der Waals surface area contributed by atoms with E-state index in [9.17, 15) is 4.79 Å². The highest BCUT2D eigenvalue weighted by atomic mass is 35.5. The van der Waals surface area contributed by atoms with E-state index in [0.29, 0.717) is 15.6 Å². The number of halogens is 2. The Kier molecular flexibility index (Phi) is 3.81. The lowest BCUT2D eigenvalue weighted by atomic mass is 9.99. The van der Waals surface area contributed by atoms with Gasteiger partial charge in [0.25, 0.3) is 0 Å². The van der Waals surface area contributed by atoms with Gasteiger partial charge in [0.15, 0.2) is 5.70 Å². The maximum absolute atomic E-state index is 12.3. The molecule has 5 heteroatoms. The molecule has 0 atom stereocenters. The molecule has 0 unspecified atom stereocenters.